The Balaban J connectivity index is 1.54. The molecule has 15 nitrogen and oxygen atoms in total. The minimum atomic E-state index is -4.53. The van der Waals surface area contributed by atoms with E-state index in [1.54, 1.807) is 26.4 Å². The highest BCUT2D eigenvalue weighted by atomic mass is 32.2. The first-order chi connectivity index (χ1) is 30.6. The van der Waals surface area contributed by atoms with Gasteiger partial charge >= 0.3 is 5.97 Å². The van der Waals surface area contributed by atoms with Crippen molar-refractivity contribution in [3.63, 3.8) is 0 Å². The summed E-state index contributed by atoms with van der Waals surface area (Å²) in [6, 6.07) is 18.4. The molecule has 18 heteroatoms. The van der Waals surface area contributed by atoms with Gasteiger partial charge in [0.05, 0.1) is 35.0 Å². The van der Waals surface area contributed by atoms with Crippen LogP contribution in [0, 0.1) is 0 Å². The Hall–Kier alpha value is -4.53. The van der Waals surface area contributed by atoms with Crippen LogP contribution in [0.4, 0.5) is 11.4 Å². The van der Waals surface area contributed by atoms with Gasteiger partial charge in [-0.15, -0.1) is 0 Å². The van der Waals surface area contributed by atoms with Gasteiger partial charge in [0.1, 0.15) is 6.54 Å². The molecule has 0 spiro atoms. The van der Waals surface area contributed by atoms with Gasteiger partial charge in [0.2, 0.25) is 5.69 Å². The third-order valence-corrected chi connectivity index (χ3v) is 15.2. The molecule has 65 heavy (non-hydrogen) atoms. The lowest BCUT2D eigenvalue weighted by Gasteiger charge is -2.30. The fourth-order valence-electron chi connectivity index (χ4n) is 9.81. The van der Waals surface area contributed by atoms with Crippen LogP contribution in [0.3, 0.4) is 0 Å². The number of aliphatic carboxylic acids is 1. The number of ether oxygens (including phenoxy) is 2. The molecule has 2 unspecified atom stereocenters. The van der Waals surface area contributed by atoms with Crippen molar-refractivity contribution in [2.75, 3.05) is 56.9 Å². The molecule has 2 aliphatic heterocycles. The van der Waals surface area contributed by atoms with Crippen LogP contribution in [-0.2, 0) is 61.9 Å². The highest BCUT2D eigenvalue weighted by Gasteiger charge is 2.49. The quantitative estimate of drug-likeness (QED) is 0.0319. The molecular weight excluding hydrogens is 897 g/mol. The molecule has 0 amide bonds. The summed E-state index contributed by atoms with van der Waals surface area (Å²) in [6.07, 6.45) is 9.17. The van der Waals surface area contributed by atoms with Gasteiger partial charge in [-0.25, -0.2) is 0 Å². The standard InChI is InChI=1S/C47H58N2O13S3/c1-46(23-9-29-63(52,53)54)41(48(25-7-5-6-13-43(50)51)39-21-16-35-32-36(65(58,59)60)17-19-38(35)45(39)46)11-8-12-42-47(2,24-10-30-64(55,56)57)44-37-18-14-33(22-27-61-3)31-34(37)15-20-40(44)49(42)26-28-62-4/h8,11-12,14-21,31-32H,5-7,9-10,13,22-30H2,1-4H3,(H3-,50,51,52,53,54,55,56,57,58,59,60)/p+1. The fourth-order valence-corrected chi connectivity index (χ4v) is 11.3. The molecule has 2 atom stereocenters. The SMILES string of the molecule is COCCc1ccc2c3c(ccc2c1)N(CCOC)/C(=C/C=C/C1=[N+](CCCCCC(=O)O)c2ccc4cc(S(=O)(=O)O)ccc4c2C1(C)CCCS(=O)(=O)O)C3(C)CCCS(=O)(=O)O. The second-order valence-corrected chi connectivity index (χ2v) is 21.9. The number of anilines is 1. The van der Waals surface area contributed by atoms with Crippen molar-refractivity contribution in [2.45, 2.75) is 87.4 Å². The molecule has 2 heterocycles. The monoisotopic (exact) mass is 955 g/mol. The first-order valence-electron chi connectivity index (χ1n) is 21.6. The van der Waals surface area contributed by atoms with E-state index in [0.29, 0.717) is 62.8 Å². The minimum Gasteiger partial charge on any atom is -0.481 e. The number of carboxylic acid groups (broad SMARTS) is 1. The number of carboxylic acids is 1. The van der Waals surface area contributed by atoms with E-state index >= 15 is 0 Å². The molecule has 6 rings (SSSR count). The van der Waals surface area contributed by atoms with Gasteiger partial charge in [-0.2, -0.15) is 29.8 Å². The Morgan fingerprint density at radius 3 is 2.02 bits per heavy atom. The summed E-state index contributed by atoms with van der Waals surface area (Å²) >= 11 is 0. The van der Waals surface area contributed by atoms with Crippen LogP contribution in [0.25, 0.3) is 21.5 Å². The summed E-state index contributed by atoms with van der Waals surface area (Å²) in [4.78, 5) is 13.2. The molecule has 0 fully saturated rings. The summed E-state index contributed by atoms with van der Waals surface area (Å²) in [5.74, 6) is -1.81. The Morgan fingerprint density at radius 1 is 0.738 bits per heavy atom. The summed E-state index contributed by atoms with van der Waals surface area (Å²) in [5.41, 5.74) is 4.59. The lowest BCUT2D eigenvalue weighted by Crippen LogP contribution is -2.32. The Kier molecular flexibility index (Phi) is 15.5. The van der Waals surface area contributed by atoms with Crippen LogP contribution in [-0.4, -0.2) is 112 Å². The van der Waals surface area contributed by atoms with Crippen molar-refractivity contribution >= 4 is 75.0 Å². The van der Waals surface area contributed by atoms with Crippen molar-refractivity contribution < 1.29 is 62.9 Å². The number of unbranched alkanes of at least 4 members (excludes halogenated alkanes) is 2. The maximum absolute atomic E-state index is 12.2. The van der Waals surface area contributed by atoms with Crippen LogP contribution in [0.5, 0.6) is 0 Å². The molecule has 0 saturated carbocycles. The van der Waals surface area contributed by atoms with E-state index in [2.05, 4.69) is 46.7 Å². The normalized spacial score (nSPS) is 19.6. The second-order valence-electron chi connectivity index (χ2n) is 17.3. The van der Waals surface area contributed by atoms with Crippen molar-refractivity contribution in [3.8, 4) is 0 Å². The summed E-state index contributed by atoms with van der Waals surface area (Å²) < 4.78 is 115. The van der Waals surface area contributed by atoms with Crippen LogP contribution >= 0.6 is 0 Å². The highest BCUT2D eigenvalue weighted by molar-refractivity contribution is 7.86. The van der Waals surface area contributed by atoms with Gasteiger partial charge in [0.15, 0.2) is 5.71 Å². The molecule has 0 aliphatic carbocycles. The van der Waals surface area contributed by atoms with Crippen LogP contribution in [0.2, 0.25) is 0 Å². The molecule has 352 valence electrons. The molecule has 4 aromatic rings. The molecule has 2 aliphatic rings. The third kappa shape index (κ3) is 11.4. The van der Waals surface area contributed by atoms with E-state index in [-0.39, 0.29) is 30.6 Å². The number of rotatable bonds is 23. The van der Waals surface area contributed by atoms with E-state index in [4.69, 9.17) is 9.47 Å². The van der Waals surface area contributed by atoms with Crippen LogP contribution < -0.4 is 4.90 Å². The summed E-state index contributed by atoms with van der Waals surface area (Å²) in [6.45, 7) is 5.91. The number of fused-ring (bicyclic) bond motifs is 6. The van der Waals surface area contributed by atoms with Gasteiger partial charge < -0.3 is 19.5 Å². The van der Waals surface area contributed by atoms with Crippen molar-refractivity contribution in [2.24, 2.45) is 0 Å². The van der Waals surface area contributed by atoms with E-state index in [1.807, 2.05) is 31.2 Å². The average Bonchev–Trinajstić information content (AvgIpc) is 3.60. The highest BCUT2D eigenvalue weighted by Crippen LogP contribution is 2.54. The number of hydrogen-bond donors (Lipinski definition) is 4. The molecular formula is C47H59N2O13S3+. The molecule has 4 N–H and O–H groups in total. The van der Waals surface area contributed by atoms with Gasteiger partial charge in [0.25, 0.3) is 30.4 Å². The topological polar surface area (TPSA) is 225 Å². The smallest absolute Gasteiger partial charge is 0.303 e. The number of carbonyl (C=O) groups is 1. The molecule has 0 radical (unpaired) electrons. The number of nitrogens with zero attached hydrogens (tertiary/aromatic N) is 2. The Bertz CT molecular complexity index is 2890. The predicted molar refractivity (Wildman–Crippen MR) is 252 cm³/mol. The molecule has 0 aromatic heterocycles. The Morgan fingerprint density at radius 2 is 1.37 bits per heavy atom. The van der Waals surface area contributed by atoms with Gasteiger partial charge in [-0.3, -0.25) is 18.5 Å². The van der Waals surface area contributed by atoms with Gasteiger partial charge in [0, 0.05) is 68.1 Å². The maximum Gasteiger partial charge on any atom is 0.303 e. The van der Waals surface area contributed by atoms with Crippen LogP contribution in [0.15, 0.2) is 89.5 Å². The average molecular weight is 956 g/mol. The number of hydrogen-bond acceptors (Lipinski definition) is 10. The summed E-state index contributed by atoms with van der Waals surface area (Å²) in [5, 5.41) is 12.5. The van der Waals surface area contributed by atoms with Gasteiger partial charge in [-0.05, 0) is 122 Å². The number of methoxy groups -OCH3 is 2. The van der Waals surface area contributed by atoms with Crippen molar-refractivity contribution in [3.05, 3.63) is 101 Å². The first kappa shape index (κ1) is 49.9. The van der Waals surface area contributed by atoms with Crippen LogP contribution in [0.1, 0.15) is 81.9 Å². The molecule has 4 aromatic carbocycles. The third-order valence-electron chi connectivity index (χ3n) is 12.8. The fraction of sp³-hybridized carbons (Fsp3) is 0.447. The lowest BCUT2D eigenvalue weighted by atomic mass is 9.74. The van der Waals surface area contributed by atoms with Crippen molar-refractivity contribution in [1.82, 2.24) is 0 Å². The second kappa shape index (κ2) is 20.1. The zero-order valence-electron chi connectivity index (χ0n) is 37.2. The zero-order chi connectivity index (χ0) is 47.4. The lowest BCUT2D eigenvalue weighted by molar-refractivity contribution is -0.438. The van der Waals surface area contributed by atoms with Gasteiger partial charge in [-0.1, -0.05) is 36.4 Å². The first-order valence-corrected chi connectivity index (χ1v) is 26.3. The number of benzene rings is 4. The van der Waals surface area contributed by atoms with E-state index in [9.17, 15) is 48.8 Å². The largest absolute Gasteiger partial charge is 0.481 e. The molecule has 0 saturated heterocycles. The van der Waals surface area contributed by atoms with E-state index in [1.165, 1.54) is 12.1 Å². The predicted octanol–water partition coefficient (Wildman–Crippen LogP) is 7.63. The number of allylic oxidation sites excluding steroid dienone is 4. The summed E-state index contributed by atoms with van der Waals surface area (Å²) in [7, 11) is -9.85. The maximum atomic E-state index is 12.2. The molecule has 0 bridgehead atoms. The van der Waals surface area contributed by atoms with E-state index < -0.39 is 58.7 Å². The zero-order valence-corrected chi connectivity index (χ0v) is 39.6. The Labute approximate surface area is 381 Å². The minimum absolute atomic E-state index is 0.0178. The van der Waals surface area contributed by atoms with E-state index in [0.717, 1.165) is 56.7 Å². The van der Waals surface area contributed by atoms with Crippen molar-refractivity contribution in [1.29, 1.82) is 0 Å².